The fraction of sp³-hybridized carbons (Fsp3) is 0.417. The summed E-state index contributed by atoms with van der Waals surface area (Å²) in [6, 6.07) is 5.15. The van der Waals surface area contributed by atoms with Gasteiger partial charge in [-0.15, -0.1) is 0 Å². The maximum absolute atomic E-state index is 11.1. The van der Waals surface area contributed by atoms with Gasteiger partial charge in [0, 0.05) is 6.04 Å². The fourth-order valence-electron chi connectivity index (χ4n) is 1.26. The van der Waals surface area contributed by atoms with Crippen molar-refractivity contribution in [1.29, 1.82) is 0 Å². The van der Waals surface area contributed by atoms with Crippen molar-refractivity contribution in [3.8, 4) is 5.75 Å². The zero-order valence-electron chi connectivity index (χ0n) is 9.90. The Bertz CT molecular complexity index is 393. The molecule has 0 saturated heterocycles. The highest BCUT2D eigenvalue weighted by molar-refractivity contribution is 6.32. The van der Waals surface area contributed by atoms with E-state index in [-0.39, 0.29) is 12.6 Å². The minimum absolute atomic E-state index is 0.0911. The third kappa shape index (κ3) is 4.24. The first-order valence-electron chi connectivity index (χ1n) is 5.38. The van der Waals surface area contributed by atoms with Gasteiger partial charge in [-0.1, -0.05) is 17.7 Å². The highest BCUT2D eigenvalue weighted by Gasteiger charge is 2.08. The van der Waals surface area contributed by atoms with Gasteiger partial charge in [0.05, 0.1) is 11.6 Å². The Kier molecular flexibility index (Phi) is 5.25. The van der Waals surface area contributed by atoms with Gasteiger partial charge in [-0.3, -0.25) is 0 Å². The molecule has 5 heteroatoms. The number of nitrogens with two attached hydrogens (primary N) is 1. The van der Waals surface area contributed by atoms with E-state index >= 15 is 0 Å². The molecule has 94 valence electrons. The molecular weight excluding hydrogens is 242 g/mol. The Balaban J connectivity index is 2.63. The number of carbonyl (C=O) groups is 1. The number of hydrogen-bond acceptors (Lipinski definition) is 4. The average Bonchev–Trinajstić information content (AvgIpc) is 2.27. The summed E-state index contributed by atoms with van der Waals surface area (Å²) in [5, 5.41) is 0.434. The highest BCUT2D eigenvalue weighted by atomic mass is 35.5. The lowest BCUT2D eigenvalue weighted by atomic mass is 10.1. The first kappa shape index (κ1) is 13.8. The Labute approximate surface area is 106 Å². The van der Waals surface area contributed by atoms with Crippen LogP contribution in [0.2, 0.25) is 5.02 Å². The van der Waals surface area contributed by atoms with Crippen molar-refractivity contribution in [2.45, 2.75) is 19.9 Å². The zero-order chi connectivity index (χ0) is 12.8. The maximum Gasteiger partial charge on any atom is 0.344 e. The van der Waals surface area contributed by atoms with E-state index in [1.807, 2.05) is 13.0 Å². The molecule has 2 N–H and O–H groups in total. The van der Waals surface area contributed by atoms with Crippen molar-refractivity contribution in [2.75, 3.05) is 13.2 Å². The first-order valence-corrected chi connectivity index (χ1v) is 5.75. The Morgan fingerprint density at radius 2 is 2.24 bits per heavy atom. The van der Waals surface area contributed by atoms with Gasteiger partial charge in [0.2, 0.25) is 0 Å². The number of rotatable bonds is 5. The van der Waals surface area contributed by atoms with Crippen LogP contribution in [0.15, 0.2) is 18.2 Å². The monoisotopic (exact) mass is 257 g/mol. The molecule has 0 saturated carbocycles. The molecule has 1 unspecified atom stereocenters. The quantitative estimate of drug-likeness (QED) is 0.823. The van der Waals surface area contributed by atoms with Crippen molar-refractivity contribution in [2.24, 2.45) is 5.73 Å². The standard InChI is InChI=1S/C12H16ClNO3/c1-3-16-12(15)7-17-11-5-4-9(8(2)14)6-10(11)13/h4-6,8H,3,7,14H2,1-2H3. The molecule has 0 bridgehead atoms. The average molecular weight is 258 g/mol. The summed E-state index contributed by atoms with van der Waals surface area (Å²) in [5.41, 5.74) is 6.64. The second-order valence-electron chi connectivity index (χ2n) is 3.57. The van der Waals surface area contributed by atoms with Gasteiger partial charge < -0.3 is 15.2 Å². The fourth-order valence-corrected chi connectivity index (χ4v) is 1.50. The summed E-state index contributed by atoms with van der Waals surface area (Å²) in [4.78, 5) is 11.1. The summed E-state index contributed by atoms with van der Waals surface area (Å²) >= 11 is 6.00. The molecule has 0 aliphatic heterocycles. The summed E-state index contributed by atoms with van der Waals surface area (Å²) < 4.78 is 9.98. The molecule has 1 aromatic carbocycles. The molecule has 4 nitrogen and oxygen atoms in total. The van der Waals surface area contributed by atoms with Crippen LogP contribution in [-0.2, 0) is 9.53 Å². The Morgan fingerprint density at radius 1 is 1.53 bits per heavy atom. The van der Waals surface area contributed by atoms with E-state index in [0.29, 0.717) is 17.4 Å². The van der Waals surface area contributed by atoms with Crippen LogP contribution in [0.5, 0.6) is 5.75 Å². The van der Waals surface area contributed by atoms with Crippen molar-refractivity contribution in [1.82, 2.24) is 0 Å². The lowest BCUT2D eigenvalue weighted by Crippen LogP contribution is -2.14. The molecule has 0 fully saturated rings. The van der Waals surface area contributed by atoms with E-state index in [9.17, 15) is 4.79 Å². The van der Waals surface area contributed by atoms with E-state index < -0.39 is 5.97 Å². The second kappa shape index (κ2) is 6.47. The second-order valence-corrected chi connectivity index (χ2v) is 3.98. The molecule has 0 spiro atoms. The molecule has 1 aromatic rings. The summed E-state index contributed by atoms with van der Waals surface area (Å²) in [7, 11) is 0. The molecule has 17 heavy (non-hydrogen) atoms. The molecule has 0 aliphatic carbocycles. The Hall–Kier alpha value is -1.26. The van der Waals surface area contributed by atoms with Gasteiger partial charge in [0.15, 0.2) is 6.61 Å². The number of carbonyl (C=O) groups excluding carboxylic acids is 1. The predicted molar refractivity (Wildman–Crippen MR) is 66.2 cm³/mol. The minimum atomic E-state index is -0.417. The number of benzene rings is 1. The van der Waals surface area contributed by atoms with E-state index in [1.165, 1.54) is 0 Å². The van der Waals surface area contributed by atoms with Crippen LogP contribution in [-0.4, -0.2) is 19.2 Å². The summed E-state index contributed by atoms with van der Waals surface area (Å²) in [6.07, 6.45) is 0. The largest absolute Gasteiger partial charge is 0.480 e. The molecule has 0 amide bonds. The minimum Gasteiger partial charge on any atom is -0.480 e. The van der Waals surface area contributed by atoms with Gasteiger partial charge in [-0.2, -0.15) is 0 Å². The molecule has 1 atom stereocenters. The number of esters is 1. The number of hydrogen-bond donors (Lipinski definition) is 1. The maximum atomic E-state index is 11.1. The van der Waals surface area contributed by atoms with Gasteiger partial charge in [0.25, 0.3) is 0 Å². The van der Waals surface area contributed by atoms with Gasteiger partial charge >= 0.3 is 5.97 Å². The number of halogens is 1. The molecular formula is C12H16ClNO3. The third-order valence-corrected chi connectivity index (χ3v) is 2.43. The van der Waals surface area contributed by atoms with Gasteiger partial charge in [-0.25, -0.2) is 4.79 Å². The van der Waals surface area contributed by atoms with E-state index in [0.717, 1.165) is 5.56 Å². The normalized spacial score (nSPS) is 12.0. The lowest BCUT2D eigenvalue weighted by Gasteiger charge is -2.10. The van der Waals surface area contributed by atoms with E-state index in [2.05, 4.69) is 0 Å². The van der Waals surface area contributed by atoms with Gasteiger partial charge in [-0.05, 0) is 31.5 Å². The predicted octanol–water partition coefficient (Wildman–Crippen LogP) is 2.30. The van der Waals surface area contributed by atoms with Crippen LogP contribution in [0.3, 0.4) is 0 Å². The van der Waals surface area contributed by atoms with Gasteiger partial charge in [0.1, 0.15) is 5.75 Å². The first-order chi connectivity index (χ1) is 8.04. The SMILES string of the molecule is CCOC(=O)COc1ccc(C(C)N)cc1Cl. The topological polar surface area (TPSA) is 61.5 Å². The molecule has 0 radical (unpaired) electrons. The smallest absolute Gasteiger partial charge is 0.344 e. The summed E-state index contributed by atoms with van der Waals surface area (Å²) in [6.45, 7) is 3.79. The van der Waals surface area contributed by atoms with E-state index in [4.69, 9.17) is 26.8 Å². The number of ether oxygens (including phenoxy) is 2. The van der Waals surface area contributed by atoms with Crippen molar-refractivity contribution < 1.29 is 14.3 Å². The van der Waals surface area contributed by atoms with Crippen molar-refractivity contribution >= 4 is 17.6 Å². The molecule has 0 aromatic heterocycles. The van der Waals surface area contributed by atoms with Crippen LogP contribution in [0.25, 0.3) is 0 Å². The summed E-state index contributed by atoms with van der Waals surface area (Å²) in [5.74, 6) is 0.0314. The molecule has 1 rings (SSSR count). The van der Waals surface area contributed by atoms with Crippen LogP contribution in [0.1, 0.15) is 25.5 Å². The van der Waals surface area contributed by atoms with Crippen molar-refractivity contribution in [3.05, 3.63) is 28.8 Å². The van der Waals surface area contributed by atoms with Crippen LogP contribution < -0.4 is 10.5 Å². The van der Waals surface area contributed by atoms with E-state index in [1.54, 1.807) is 19.1 Å². The van der Waals surface area contributed by atoms with Crippen LogP contribution >= 0.6 is 11.6 Å². The van der Waals surface area contributed by atoms with Crippen molar-refractivity contribution in [3.63, 3.8) is 0 Å². The Morgan fingerprint density at radius 3 is 2.76 bits per heavy atom. The molecule has 0 aliphatic rings. The molecule has 0 heterocycles. The van der Waals surface area contributed by atoms with Crippen LogP contribution in [0, 0.1) is 0 Å². The van der Waals surface area contributed by atoms with Crippen LogP contribution in [0.4, 0.5) is 0 Å². The highest BCUT2D eigenvalue weighted by Crippen LogP contribution is 2.27. The third-order valence-electron chi connectivity index (χ3n) is 2.13. The lowest BCUT2D eigenvalue weighted by molar-refractivity contribution is -0.145. The zero-order valence-corrected chi connectivity index (χ0v) is 10.7.